The Morgan fingerprint density at radius 1 is 0.375 bits per heavy atom. The minimum atomic E-state index is -2.88. The molecule has 0 saturated carbocycles. The third-order valence-corrected chi connectivity index (χ3v) is 14.2. The fourth-order valence-electron chi connectivity index (χ4n) is 7.29. The molecular weight excluding hydrogens is 603 g/mol. The summed E-state index contributed by atoms with van der Waals surface area (Å²) in [6.07, 6.45) is 0. The van der Waals surface area contributed by atoms with E-state index in [1.54, 1.807) is 0 Å². The van der Waals surface area contributed by atoms with Crippen molar-refractivity contribution in [2.75, 3.05) is 4.90 Å². The van der Waals surface area contributed by atoms with E-state index < -0.39 is 8.07 Å². The molecule has 1 aliphatic rings. The molecule has 0 spiro atoms. The van der Waals surface area contributed by atoms with Gasteiger partial charge in [0, 0.05) is 33.6 Å². The summed E-state index contributed by atoms with van der Waals surface area (Å²) in [7, 11) is -2.88. The summed E-state index contributed by atoms with van der Waals surface area (Å²) in [6, 6.07) is 62.8. The predicted octanol–water partition coefficient (Wildman–Crippen LogP) is 7.31. The Bertz CT molecular complexity index is 2110. The van der Waals surface area contributed by atoms with Gasteiger partial charge in [0.15, 0.2) is 19.6 Å². The summed E-state index contributed by atoms with van der Waals surface area (Å²) in [5, 5.41) is 4.93. The third kappa shape index (κ3) is 4.65. The summed E-state index contributed by atoms with van der Waals surface area (Å²) < 4.78 is 0. The minimum Gasteiger partial charge on any atom is -0.309 e. The molecule has 7 aromatic carbocycles. The number of ketones is 2. The first-order chi connectivity index (χ1) is 23.7. The van der Waals surface area contributed by atoms with Crippen LogP contribution in [0.1, 0.15) is 31.8 Å². The number of anilines is 3. The molecule has 3 nitrogen and oxygen atoms in total. The molecule has 48 heavy (non-hydrogen) atoms. The van der Waals surface area contributed by atoms with Gasteiger partial charge in [-0.1, -0.05) is 164 Å². The second-order valence-electron chi connectivity index (χ2n) is 11.9. The van der Waals surface area contributed by atoms with Crippen LogP contribution in [-0.4, -0.2) is 19.6 Å². The highest BCUT2D eigenvalue weighted by atomic mass is 28.3. The van der Waals surface area contributed by atoms with Gasteiger partial charge in [-0.05, 0) is 45.0 Å². The Labute approximate surface area is 281 Å². The van der Waals surface area contributed by atoms with Crippen LogP contribution in [0, 0.1) is 0 Å². The quantitative estimate of drug-likeness (QED) is 0.137. The SMILES string of the molecule is O=C(c1ccccc1)c1cccc(C(=O)c2ccccc2)c1N1c2ccccc2[Si](c2ccccc2)(c2ccccc2)c2ccccc21. The van der Waals surface area contributed by atoms with Crippen molar-refractivity contribution >= 4 is 57.4 Å². The van der Waals surface area contributed by atoms with Gasteiger partial charge in [-0.15, -0.1) is 0 Å². The normalized spacial score (nSPS) is 12.9. The first-order valence-corrected chi connectivity index (χ1v) is 18.1. The molecule has 7 aromatic rings. The highest BCUT2D eigenvalue weighted by Gasteiger charge is 2.49. The molecule has 0 aromatic heterocycles. The second kappa shape index (κ2) is 12.3. The van der Waals surface area contributed by atoms with Gasteiger partial charge < -0.3 is 4.90 Å². The maximum absolute atomic E-state index is 14.5. The molecule has 0 aliphatic carbocycles. The topological polar surface area (TPSA) is 37.4 Å². The summed E-state index contributed by atoms with van der Waals surface area (Å²) in [5.74, 6) is -0.271. The monoisotopic (exact) mass is 633 g/mol. The number of hydrogen-bond acceptors (Lipinski definition) is 3. The number of fused-ring (bicyclic) bond motifs is 2. The fraction of sp³-hybridized carbons (Fsp3) is 0. The average molecular weight is 634 g/mol. The van der Waals surface area contributed by atoms with Gasteiger partial charge in [-0.25, -0.2) is 0 Å². The molecular formula is C44H31NO2Si. The molecule has 0 atom stereocenters. The van der Waals surface area contributed by atoms with Crippen molar-refractivity contribution in [3.8, 4) is 0 Å². The van der Waals surface area contributed by atoms with Crippen molar-refractivity contribution in [3.63, 3.8) is 0 Å². The lowest BCUT2D eigenvalue weighted by atomic mass is 9.93. The van der Waals surface area contributed by atoms with E-state index in [0.717, 1.165) is 11.4 Å². The molecule has 1 heterocycles. The molecule has 4 heteroatoms. The van der Waals surface area contributed by atoms with Crippen LogP contribution in [0.5, 0.6) is 0 Å². The first-order valence-electron chi connectivity index (χ1n) is 16.1. The Kier molecular flexibility index (Phi) is 7.48. The maximum Gasteiger partial charge on any atom is 0.195 e. The zero-order valence-electron chi connectivity index (χ0n) is 26.2. The number of nitrogens with zero attached hydrogens (tertiary/aromatic N) is 1. The van der Waals surface area contributed by atoms with E-state index in [0.29, 0.717) is 27.9 Å². The molecule has 0 N–H and O–H groups in total. The van der Waals surface area contributed by atoms with Crippen molar-refractivity contribution < 1.29 is 9.59 Å². The van der Waals surface area contributed by atoms with Crippen LogP contribution < -0.4 is 25.6 Å². The molecule has 0 fully saturated rings. The summed E-state index contributed by atoms with van der Waals surface area (Å²) in [5.41, 5.74) is 4.60. The minimum absolute atomic E-state index is 0.136. The van der Waals surface area contributed by atoms with Crippen LogP contribution in [0.4, 0.5) is 17.1 Å². The second-order valence-corrected chi connectivity index (χ2v) is 15.7. The Balaban J connectivity index is 1.48. The zero-order chi connectivity index (χ0) is 32.5. The molecule has 0 saturated heterocycles. The third-order valence-electron chi connectivity index (χ3n) is 9.33. The smallest absolute Gasteiger partial charge is 0.195 e. The highest BCUT2D eigenvalue weighted by Crippen LogP contribution is 2.42. The Hall–Kier alpha value is -6.10. The lowest BCUT2D eigenvalue weighted by Crippen LogP contribution is -2.77. The number of benzene rings is 7. The number of carbonyl (C=O) groups is 2. The highest BCUT2D eigenvalue weighted by molar-refractivity contribution is 7.21. The van der Waals surface area contributed by atoms with Crippen molar-refractivity contribution in [1.82, 2.24) is 0 Å². The van der Waals surface area contributed by atoms with Crippen LogP contribution in [0.15, 0.2) is 188 Å². The fourth-order valence-corrected chi connectivity index (χ4v) is 12.4. The molecule has 8 rings (SSSR count). The lowest BCUT2D eigenvalue weighted by molar-refractivity contribution is 0.103. The van der Waals surface area contributed by atoms with E-state index in [-0.39, 0.29) is 11.6 Å². The van der Waals surface area contributed by atoms with Crippen molar-refractivity contribution in [2.45, 2.75) is 0 Å². The van der Waals surface area contributed by atoms with E-state index in [1.165, 1.54) is 20.7 Å². The van der Waals surface area contributed by atoms with E-state index >= 15 is 0 Å². The van der Waals surface area contributed by atoms with Crippen molar-refractivity contribution in [1.29, 1.82) is 0 Å². The van der Waals surface area contributed by atoms with Crippen LogP contribution >= 0.6 is 0 Å². The van der Waals surface area contributed by atoms with Crippen LogP contribution in [0.3, 0.4) is 0 Å². The number of carbonyl (C=O) groups excluding carboxylic acids is 2. The van der Waals surface area contributed by atoms with Gasteiger partial charge >= 0.3 is 0 Å². The van der Waals surface area contributed by atoms with Crippen LogP contribution in [0.2, 0.25) is 0 Å². The van der Waals surface area contributed by atoms with E-state index in [2.05, 4.69) is 114 Å². The first kappa shape index (κ1) is 29.3. The number of para-hydroxylation sites is 3. The Morgan fingerprint density at radius 3 is 1.15 bits per heavy atom. The van der Waals surface area contributed by atoms with Gasteiger partial charge in [-0.2, -0.15) is 0 Å². The van der Waals surface area contributed by atoms with Gasteiger partial charge in [-0.3, -0.25) is 9.59 Å². The van der Waals surface area contributed by atoms with Gasteiger partial charge in [0.1, 0.15) is 0 Å². The average Bonchev–Trinajstić information content (AvgIpc) is 3.17. The number of hydrogen-bond donors (Lipinski definition) is 0. The molecule has 0 unspecified atom stereocenters. The standard InChI is InChI=1S/C44H31NO2Si/c46-43(32-18-5-1-6-19-32)36-26-17-27-37(44(47)33-20-7-2-8-21-33)42(36)45-38-28-13-15-30-40(38)48(34-22-9-3-10-23-34,35-24-11-4-12-25-35)41-31-16-14-29-39(41)45/h1-31H. The molecule has 0 amide bonds. The molecule has 0 radical (unpaired) electrons. The molecule has 1 aliphatic heterocycles. The molecule has 228 valence electrons. The predicted molar refractivity (Wildman–Crippen MR) is 198 cm³/mol. The largest absolute Gasteiger partial charge is 0.309 e. The summed E-state index contributed by atoms with van der Waals surface area (Å²) in [6.45, 7) is 0. The number of rotatable bonds is 7. The summed E-state index contributed by atoms with van der Waals surface area (Å²) in [4.78, 5) is 31.1. The summed E-state index contributed by atoms with van der Waals surface area (Å²) >= 11 is 0. The van der Waals surface area contributed by atoms with E-state index in [1.807, 2.05) is 78.9 Å². The Morgan fingerprint density at radius 2 is 0.729 bits per heavy atom. The van der Waals surface area contributed by atoms with Crippen molar-refractivity contribution in [2.24, 2.45) is 0 Å². The van der Waals surface area contributed by atoms with Gasteiger partial charge in [0.2, 0.25) is 0 Å². The lowest BCUT2D eigenvalue weighted by Gasteiger charge is -2.45. The molecule has 0 bridgehead atoms. The maximum atomic E-state index is 14.5. The van der Waals surface area contributed by atoms with E-state index in [9.17, 15) is 9.59 Å². The zero-order valence-corrected chi connectivity index (χ0v) is 27.2. The van der Waals surface area contributed by atoms with Crippen molar-refractivity contribution in [3.05, 3.63) is 210 Å². The van der Waals surface area contributed by atoms with Gasteiger partial charge in [0.25, 0.3) is 0 Å². The van der Waals surface area contributed by atoms with Crippen LogP contribution in [0.25, 0.3) is 0 Å². The van der Waals surface area contributed by atoms with E-state index in [4.69, 9.17) is 0 Å². The van der Waals surface area contributed by atoms with Gasteiger partial charge in [0.05, 0.1) is 5.69 Å². The van der Waals surface area contributed by atoms with Crippen LogP contribution in [-0.2, 0) is 0 Å².